The van der Waals surface area contributed by atoms with E-state index in [2.05, 4.69) is 21.2 Å². The Kier molecular flexibility index (Phi) is 5.88. The predicted octanol–water partition coefficient (Wildman–Crippen LogP) is 3.64. The molecule has 0 fully saturated rings. The highest BCUT2D eigenvalue weighted by Crippen LogP contribution is 2.31. The minimum Gasteiger partial charge on any atom is -0.486 e. The van der Waals surface area contributed by atoms with E-state index in [1.54, 1.807) is 30.3 Å². The fraction of sp³-hybridized carbons (Fsp3) is 0.263. The number of amides is 1. The van der Waals surface area contributed by atoms with Crippen molar-refractivity contribution in [2.45, 2.75) is 19.4 Å². The van der Waals surface area contributed by atoms with Gasteiger partial charge in [0, 0.05) is 35.0 Å². The van der Waals surface area contributed by atoms with Gasteiger partial charge in [0.05, 0.1) is 0 Å². The number of rotatable bonds is 6. The van der Waals surface area contributed by atoms with Crippen LogP contribution in [0.5, 0.6) is 11.5 Å². The highest BCUT2D eigenvalue weighted by atomic mass is 79.9. The second-order valence-corrected chi connectivity index (χ2v) is 6.71. The van der Waals surface area contributed by atoms with Crippen LogP contribution in [0.1, 0.15) is 28.8 Å². The van der Waals surface area contributed by atoms with Crippen molar-refractivity contribution in [1.29, 1.82) is 0 Å². The number of ether oxygens (including phenoxy) is 2. The van der Waals surface area contributed by atoms with Crippen LogP contribution in [-0.4, -0.2) is 24.9 Å². The zero-order valence-corrected chi connectivity index (χ0v) is 15.5. The van der Waals surface area contributed by atoms with Crippen molar-refractivity contribution in [2.75, 3.05) is 13.2 Å². The van der Waals surface area contributed by atoms with Crippen molar-refractivity contribution in [2.24, 2.45) is 0 Å². The number of fused-ring (bicyclic) bond motifs is 1. The van der Waals surface area contributed by atoms with E-state index in [0.29, 0.717) is 40.3 Å². The highest BCUT2D eigenvalue weighted by Gasteiger charge is 2.16. The van der Waals surface area contributed by atoms with Gasteiger partial charge in [0.2, 0.25) is 5.91 Å². The molecule has 1 N–H and O–H groups in total. The molecule has 0 unspecified atom stereocenters. The molecule has 2 aromatic carbocycles. The Morgan fingerprint density at radius 3 is 2.58 bits per heavy atom. The average molecular weight is 422 g/mol. The molecular formula is C19H17BrFNO4. The molecule has 1 aliphatic heterocycles. The van der Waals surface area contributed by atoms with Gasteiger partial charge in [0.25, 0.3) is 0 Å². The first kappa shape index (κ1) is 18.4. The number of carbonyl (C=O) groups excluding carboxylic acids is 2. The van der Waals surface area contributed by atoms with E-state index in [1.807, 2.05) is 0 Å². The predicted molar refractivity (Wildman–Crippen MR) is 96.9 cm³/mol. The summed E-state index contributed by atoms with van der Waals surface area (Å²) in [6.07, 6.45) is 0.0969. The zero-order chi connectivity index (χ0) is 18.5. The maximum atomic E-state index is 13.7. The van der Waals surface area contributed by atoms with Crippen molar-refractivity contribution in [3.8, 4) is 11.5 Å². The summed E-state index contributed by atoms with van der Waals surface area (Å²) >= 11 is 3.18. The van der Waals surface area contributed by atoms with Gasteiger partial charge in [0.1, 0.15) is 19.0 Å². The van der Waals surface area contributed by atoms with Gasteiger partial charge in [-0.2, -0.15) is 0 Å². The lowest BCUT2D eigenvalue weighted by Crippen LogP contribution is -2.23. The van der Waals surface area contributed by atoms with E-state index in [0.717, 1.165) is 0 Å². The summed E-state index contributed by atoms with van der Waals surface area (Å²) in [7, 11) is 0. The smallest absolute Gasteiger partial charge is 0.220 e. The fourth-order valence-corrected chi connectivity index (χ4v) is 2.87. The third-order valence-corrected chi connectivity index (χ3v) is 4.43. The first-order chi connectivity index (χ1) is 12.5. The molecule has 7 heteroatoms. The molecule has 136 valence electrons. The highest BCUT2D eigenvalue weighted by molar-refractivity contribution is 9.10. The number of carbonyl (C=O) groups is 2. The average Bonchev–Trinajstić information content (AvgIpc) is 2.65. The molecule has 3 rings (SSSR count). The standard InChI is InChI=1S/C19H17BrFNO4/c20-14-3-1-13(15(21)10-14)11-22-19(24)6-4-16(23)12-2-5-17-18(9-12)26-8-7-25-17/h1-3,5,9-10H,4,6-8,11H2,(H,22,24). The molecule has 0 saturated heterocycles. The largest absolute Gasteiger partial charge is 0.486 e. The SMILES string of the molecule is O=C(CCC(=O)c1ccc2c(c1)OCCO2)NCc1ccc(Br)cc1F. The third-order valence-electron chi connectivity index (χ3n) is 3.93. The first-order valence-corrected chi connectivity index (χ1v) is 8.96. The molecule has 26 heavy (non-hydrogen) atoms. The molecule has 5 nitrogen and oxygen atoms in total. The number of nitrogens with one attached hydrogen (secondary N) is 1. The Morgan fingerprint density at radius 2 is 1.81 bits per heavy atom. The number of halogens is 2. The van der Waals surface area contributed by atoms with E-state index in [1.165, 1.54) is 6.07 Å². The number of hydrogen-bond acceptors (Lipinski definition) is 4. The van der Waals surface area contributed by atoms with Crippen LogP contribution in [0.25, 0.3) is 0 Å². The fourth-order valence-electron chi connectivity index (χ4n) is 2.54. The van der Waals surface area contributed by atoms with Crippen molar-refractivity contribution in [3.63, 3.8) is 0 Å². The van der Waals surface area contributed by atoms with Crippen LogP contribution in [0.4, 0.5) is 4.39 Å². The Balaban J connectivity index is 1.50. The Hall–Kier alpha value is -2.41. The first-order valence-electron chi connectivity index (χ1n) is 8.16. The van der Waals surface area contributed by atoms with Gasteiger partial charge in [0.15, 0.2) is 17.3 Å². The van der Waals surface area contributed by atoms with Gasteiger partial charge in [-0.05, 0) is 30.3 Å². The molecule has 1 amide bonds. The maximum Gasteiger partial charge on any atom is 0.220 e. The second-order valence-electron chi connectivity index (χ2n) is 5.79. The van der Waals surface area contributed by atoms with E-state index in [-0.39, 0.29) is 31.1 Å². The van der Waals surface area contributed by atoms with Gasteiger partial charge in [-0.15, -0.1) is 0 Å². The topological polar surface area (TPSA) is 64.6 Å². The maximum absolute atomic E-state index is 13.7. The van der Waals surface area contributed by atoms with Crippen molar-refractivity contribution < 1.29 is 23.5 Å². The lowest BCUT2D eigenvalue weighted by atomic mass is 10.1. The van der Waals surface area contributed by atoms with Crippen LogP contribution in [0.3, 0.4) is 0 Å². The molecule has 0 bridgehead atoms. The van der Waals surface area contributed by atoms with Gasteiger partial charge >= 0.3 is 0 Å². The Labute approximate surface area is 158 Å². The van der Waals surface area contributed by atoms with Gasteiger partial charge in [-0.1, -0.05) is 22.0 Å². The minimum atomic E-state index is -0.396. The molecule has 0 saturated carbocycles. The molecule has 1 aliphatic rings. The van der Waals surface area contributed by atoms with Gasteiger partial charge in [-0.25, -0.2) is 4.39 Å². The van der Waals surface area contributed by atoms with E-state index in [9.17, 15) is 14.0 Å². The quantitative estimate of drug-likeness (QED) is 0.723. The molecule has 0 radical (unpaired) electrons. The Morgan fingerprint density at radius 1 is 1.04 bits per heavy atom. The summed E-state index contributed by atoms with van der Waals surface area (Å²) in [4.78, 5) is 24.2. The molecule has 2 aromatic rings. The lowest BCUT2D eigenvalue weighted by Gasteiger charge is -2.18. The van der Waals surface area contributed by atoms with Crippen LogP contribution < -0.4 is 14.8 Å². The number of hydrogen-bond donors (Lipinski definition) is 1. The van der Waals surface area contributed by atoms with Crippen LogP contribution >= 0.6 is 15.9 Å². The van der Waals surface area contributed by atoms with Crippen LogP contribution in [0.2, 0.25) is 0 Å². The summed E-state index contributed by atoms with van der Waals surface area (Å²) in [5, 5.41) is 2.62. The Bertz CT molecular complexity index is 840. The minimum absolute atomic E-state index is 0.0332. The van der Waals surface area contributed by atoms with E-state index < -0.39 is 5.82 Å². The van der Waals surface area contributed by atoms with Crippen LogP contribution in [-0.2, 0) is 11.3 Å². The van der Waals surface area contributed by atoms with Crippen LogP contribution in [0.15, 0.2) is 40.9 Å². The van der Waals surface area contributed by atoms with Crippen molar-refractivity contribution in [1.82, 2.24) is 5.32 Å². The molecule has 0 aromatic heterocycles. The zero-order valence-electron chi connectivity index (χ0n) is 13.9. The summed E-state index contributed by atoms with van der Waals surface area (Å²) < 4.78 is 25.2. The molecular weight excluding hydrogens is 405 g/mol. The molecule has 0 spiro atoms. The normalized spacial score (nSPS) is 12.5. The van der Waals surface area contributed by atoms with Gasteiger partial charge < -0.3 is 14.8 Å². The molecule has 0 atom stereocenters. The summed E-state index contributed by atoms with van der Waals surface area (Å²) in [5.74, 6) is 0.288. The number of benzene rings is 2. The van der Waals surface area contributed by atoms with E-state index >= 15 is 0 Å². The van der Waals surface area contributed by atoms with Crippen molar-refractivity contribution in [3.05, 3.63) is 57.8 Å². The number of ketones is 1. The van der Waals surface area contributed by atoms with Crippen molar-refractivity contribution >= 4 is 27.6 Å². The lowest BCUT2D eigenvalue weighted by molar-refractivity contribution is -0.121. The summed E-state index contributed by atoms with van der Waals surface area (Å²) in [6.45, 7) is 1.01. The molecule has 1 heterocycles. The number of Topliss-reactive ketones (excluding diaryl/α,β-unsaturated/α-hetero) is 1. The van der Waals surface area contributed by atoms with E-state index in [4.69, 9.17) is 9.47 Å². The second kappa shape index (κ2) is 8.31. The van der Waals surface area contributed by atoms with Gasteiger partial charge in [-0.3, -0.25) is 9.59 Å². The molecule has 0 aliphatic carbocycles. The summed E-state index contributed by atoms with van der Waals surface area (Å²) in [5.41, 5.74) is 0.862. The third kappa shape index (κ3) is 4.60. The van der Waals surface area contributed by atoms with Crippen LogP contribution in [0, 0.1) is 5.82 Å². The summed E-state index contributed by atoms with van der Waals surface area (Å²) in [6, 6.07) is 9.62. The monoisotopic (exact) mass is 421 g/mol.